The van der Waals surface area contributed by atoms with Crippen molar-refractivity contribution in [2.45, 2.75) is 57.8 Å². The molecule has 0 saturated heterocycles. The standard InChI is InChI=1S/C26H34N6O.ClH/c27-32-24-15-14-19(18-30-24)26(33)29-17-9-3-1-2-8-16-28-25-20-10-4-6-12-22(20)31-23-13-7-5-11-21(23)25;/h4,6,10,12,14-15,18H,1-3,5,7-9,11,13,16-17,27H2,(H,28,31)(H,29,33)(H,30,32);1H. The number of pyridine rings is 2. The lowest BCUT2D eigenvalue weighted by Crippen LogP contribution is -2.24. The van der Waals surface area contributed by atoms with E-state index in [1.807, 2.05) is 0 Å². The largest absolute Gasteiger partial charge is 0.384 e. The van der Waals surface area contributed by atoms with Gasteiger partial charge in [-0.25, -0.2) is 10.8 Å². The van der Waals surface area contributed by atoms with Gasteiger partial charge >= 0.3 is 0 Å². The van der Waals surface area contributed by atoms with Gasteiger partial charge in [0.2, 0.25) is 0 Å². The summed E-state index contributed by atoms with van der Waals surface area (Å²) in [5.41, 5.74) is 8.13. The number of rotatable bonds is 11. The van der Waals surface area contributed by atoms with Gasteiger partial charge in [-0.3, -0.25) is 9.78 Å². The summed E-state index contributed by atoms with van der Waals surface area (Å²) < 4.78 is 0. The highest BCUT2D eigenvalue weighted by molar-refractivity contribution is 5.94. The van der Waals surface area contributed by atoms with Crippen molar-refractivity contribution in [3.05, 3.63) is 59.4 Å². The maximum Gasteiger partial charge on any atom is 0.252 e. The molecule has 3 aromatic rings. The first-order valence-corrected chi connectivity index (χ1v) is 12.1. The topological polar surface area (TPSA) is 105 Å². The zero-order chi connectivity index (χ0) is 22.9. The molecule has 182 valence electrons. The Morgan fingerprint density at radius 3 is 2.50 bits per heavy atom. The van der Waals surface area contributed by atoms with Gasteiger partial charge in [0.15, 0.2) is 0 Å². The van der Waals surface area contributed by atoms with Crippen LogP contribution in [0.5, 0.6) is 0 Å². The quantitative estimate of drug-likeness (QED) is 0.174. The third kappa shape index (κ3) is 6.58. The minimum atomic E-state index is -0.0943. The third-order valence-corrected chi connectivity index (χ3v) is 6.28. The van der Waals surface area contributed by atoms with Crippen molar-refractivity contribution in [3.63, 3.8) is 0 Å². The van der Waals surface area contributed by atoms with Crippen LogP contribution in [-0.2, 0) is 12.8 Å². The van der Waals surface area contributed by atoms with E-state index >= 15 is 0 Å². The van der Waals surface area contributed by atoms with Gasteiger partial charge in [-0.15, -0.1) is 12.4 Å². The number of aromatic nitrogens is 2. The fourth-order valence-corrected chi connectivity index (χ4v) is 4.49. The summed E-state index contributed by atoms with van der Waals surface area (Å²) in [6, 6.07) is 11.9. The van der Waals surface area contributed by atoms with E-state index in [9.17, 15) is 4.79 Å². The van der Waals surface area contributed by atoms with Crippen LogP contribution in [0.4, 0.5) is 11.5 Å². The Balaban J connectivity index is 0.00000324. The Hall–Kier alpha value is -2.90. The molecule has 0 unspecified atom stereocenters. The zero-order valence-electron chi connectivity index (χ0n) is 19.6. The van der Waals surface area contributed by atoms with Crippen LogP contribution in [0.25, 0.3) is 10.9 Å². The first kappa shape index (κ1) is 25.7. The molecule has 2 aromatic heterocycles. The van der Waals surface area contributed by atoms with Crippen molar-refractivity contribution in [2.24, 2.45) is 5.84 Å². The third-order valence-electron chi connectivity index (χ3n) is 6.28. The summed E-state index contributed by atoms with van der Waals surface area (Å²) in [6.45, 7) is 1.67. The molecule has 2 heterocycles. The minimum absolute atomic E-state index is 0. The van der Waals surface area contributed by atoms with Crippen molar-refractivity contribution in [1.82, 2.24) is 15.3 Å². The molecule has 7 nitrogen and oxygen atoms in total. The Bertz CT molecular complexity index is 1070. The van der Waals surface area contributed by atoms with Gasteiger partial charge in [0.05, 0.1) is 11.1 Å². The molecule has 34 heavy (non-hydrogen) atoms. The van der Waals surface area contributed by atoms with Crippen LogP contribution in [0.15, 0.2) is 42.6 Å². The number of carbonyl (C=O) groups is 1. The number of nitrogen functional groups attached to an aromatic ring is 1. The number of carbonyl (C=O) groups excluding carboxylic acids is 1. The van der Waals surface area contributed by atoms with Crippen LogP contribution in [0, 0.1) is 0 Å². The first-order valence-electron chi connectivity index (χ1n) is 12.1. The molecule has 1 amide bonds. The number of hydrazine groups is 1. The average molecular weight is 483 g/mol. The van der Waals surface area contributed by atoms with Gasteiger partial charge in [-0.05, 0) is 62.3 Å². The average Bonchev–Trinajstić information content (AvgIpc) is 2.87. The van der Waals surface area contributed by atoms with E-state index in [2.05, 4.69) is 45.3 Å². The van der Waals surface area contributed by atoms with E-state index in [1.54, 1.807) is 12.1 Å². The molecular weight excluding hydrogens is 448 g/mol. The van der Waals surface area contributed by atoms with Gasteiger partial charge in [0.1, 0.15) is 5.82 Å². The van der Waals surface area contributed by atoms with Gasteiger partial charge in [-0.2, -0.15) is 0 Å². The van der Waals surface area contributed by atoms with Crippen LogP contribution in [0.1, 0.15) is 66.6 Å². The molecule has 0 bridgehead atoms. The van der Waals surface area contributed by atoms with E-state index in [4.69, 9.17) is 10.8 Å². The fraction of sp³-hybridized carbons (Fsp3) is 0.423. The normalized spacial score (nSPS) is 12.5. The number of amides is 1. The zero-order valence-corrected chi connectivity index (χ0v) is 20.4. The molecule has 1 aliphatic rings. The maximum atomic E-state index is 12.1. The lowest BCUT2D eigenvalue weighted by Gasteiger charge is -2.21. The summed E-state index contributed by atoms with van der Waals surface area (Å²) in [7, 11) is 0. The molecule has 0 spiro atoms. The van der Waals surface area contributed by atoms with Crippen molar-refractivity contribution in [3.8, 4) is 0 Å². The highest BCUT2D eigenvalue weighted by Gasteiger charge is 2.17. The van der Waals surface area contributed by atoms with Crippen molar-refractivity contribution < 1.29 is 4.79 Å². The number of para-hydroxylation sites is 1. The number of hydrogen-bond donors (Lipinski definition) is 4. The number of hydrogen-bond acceptors (Lipinski definition) is 6. The molecule has 1 aromatic carbocycles. The molecule has 5 N–H and O–H groups in total. The number of nitrogens with one attached hydrogen (secondary N) is 3. The second-order valence-electron chi connectivity index (χ2n) is 8.66. The molecule has 0 radical (unpaired) electrons. The monoisotopic (exact) mass is 482 g/mol. The maximum absolute atomic E-state index is 12.1. The molecular formula is C26H35ClN6O. The molecule has 8 heteroatoms. The summed E-state index contributed by atoms with van der Waals surface area (Å²) in [5, 5.41) is 7.95. The van der Waals surface area contributed by atoms with Gasteiger partial charge in [0, 0.05) is 36.1 Å². The molecule has 4 rings (SSSR count). The van der Waals surface area contributed by atoms with Gasteiger partial charge in [0.25, 0.3) is 5.91 Å². The Kier molecular flexibility index (Phi) is 9.91. The van der Waals surface area contributed by atoms with E-state index in [0.717, 1.165) is 44.2 Å². The molecule has 0 atom stereocenters. The minimum Gasteiger partial charge on any atom is -0.384 e. The smallest absolute Gasteiger partial charge is 0.252 e. The Morgan fingerprint density at radius 2 is 1.71 bits per heavy atom. The molecule has 0 aliphatic heterocycles. The highest BCUT2D eigenvalue weighted by atomic mass is 35.5. The lowest BCUT2D eigenvalue weighted by molar-refractivity contribution is 0.0952. The van der Waals surface area contributed by atoms with E-state index in [1.165, 1.54) is 54.2 Å². The number of fused-ring (bicyclic) bond motifs is 2. The van der Waals surface area contributed by atoms with Crippen molar-refractivity contribution in [1.29, 1.82) is 0 Å². The van der Waals surface area contributed by atoms with Gasteiger partial charge in [-0.1, -0.05) is 37.5 Å². The number of nitrogens with two attached hydrogens (primary N) is 1. The van der Waals surface area contributed by atoms with E-state index in [-0.39, 0.29) is 18.3 Å². The first-order chi connectivity index (χ1) is 16.3. The predicted octanol–water partition coefficient (Wildman–Crippen LogP) is 5.01. The van der Waals surface area contributed by atoms with Crippen LogP contribution < -0.4 is 21.9 Å². The van der Waals surface area contributed by atoms with Crippen molar-refractivity contribution in [2.75, 3.05) is 23.8 Å². The molecule has 0 fully saturated rings. The van der Waals surface area contributed by atoms with E-state index in [0.29, 0.717) is 17.9 Å². The number of aryl methyl sites for hydroxylation is 1. The van der Waals surface area contributed by atoms with Crippen LogP contribution in [0.3, 0.4) is 0 Å². The summed E-state index contributed by atoms with van der Waals surface area (Å²) in [6.07, 6.45) is 11.8. The summed E-state index contributed by atoms with van der Waals surface area (Å²) >= 11 is 0. The number of nitrogens with zero attached hydrogens (tertiary/aromatic N) is 2. The van der Waals surface area contributed by atoms with Crippen molar-refractivity contribution >= 4 is 40.7 Å². The van der Waals surface area contributed by atoms with Crippen LogP contribution >= 0.6 is 12.4 Å². The Morgan fingerprint density at radius 1 is 0.941 bits per heavy atom. The summed E-state index contributed by atoms with van der Waals surface area (Å²) in [4.78, 5) is 21.1. The number of halogens is 1. The second kappa shape index (κ2) is 13.1. The fourth-order valence-electron chi connectivity index (χ4n) is 4.49. The summed E-state index contributed by atoms with van der Waals surface area (Å²) in [5.74, 6) is 5.74. The number of anilines is 2. The Labute approximate surface area is 207 Å². The SMILES string of the molecule is Cl.NNc1ccc(C(=O)NCCCCCCCNc2c3c(nc4ccccc24)CCCC3)cn1. The number of unbranched alkanes of at least 4 members (excludes halogenated alkanes) is 4. The van der Waals surface area contributed by atoms with Crippen LogP contribution in [-0.4, -0.2) is 29.0 Å². The predicted molar refractivity (Wildman–Crippen MR) is 142 cm³/mol. The highest BCUT2D eigenvalue weighted by Crippen LogP contribution is 2.33. The molecule has 1 aliphatic carbocycles. The molecule has 0 saturated carbocycles. The lowest BCUT2D eigenvalue weighted by atomic mass is 9.92. The van der Waals surface area contributed by atoms with Gasteiger partial charge < -0.3 is 16.1 Å². The second-order valence-corrected chi connectivity index (χ2v) is 8.66. The van der Waals surface area contributed by atoms with Crippen LogP contribution in [0.2, 0.25) is 0 Å². The number of benzene rings is 1. The van der Waals surface area contributed by atoms with E-state index < -0.39 is 0 Å².